The first kappa shape index (κ1) is 13.7. The SMILES string of the molecule is NNc1ccc(C(=O)Nc2ccc(F)cc2I)cn1. The predicted molar refractivity (Wildman–Crippen MR) is 79.1 cm³/mol. The lowest BCUT2D eigenvalue weighted by atomic mass is 10.2. The number of aromatic nitrogens is 1. The van der Waals surface area contributed by atoms with Gasteiger partial charge in [0, 0.05) is 9.77 Å². The normalized spacial score (nSPS) is 10.1. The van der Waals surface area contributed by atoms with Gasteiger partial charge in [0.05, 0.1) is 11.3 Å². The highest BCUT2D eigenvalue weighted by Gasteiger charge is 2.09. The summed E-state index contributed by atoms with van der Waals surface area (Å²) in [7, 11) is 0. The second kappa shape index (κ2) is 5.93. The van der Waals surface area contributed by atoms with Gasteiger partial charge in [0.2, 0.25) is 0 Å². The summed E-state index contributed by atoms with van der Waals surface area (Å²) in [5, 5.41) is 2.69. The zero-order chi connectivity index (χ0) is 13.8. The van der Waals surface area contributed by atoms with Crippen molar-refractivity contribution in [3.8, 4) is 0 Å². The van der Waals surface area contributed by atoms with Crippen LogP contribution in [0.3, 0.4) is 0 Å². The Kier molecular flexibility index (Phi) is 4.27. The summed E-state index contributed by atoms with van der Waals surface area (Å²) in [6.07, 6.45) is 1.40. The highest BCUT2D eigenvalue weighted by molar-refractivity contribution is 14.1. The minimum Gasteiger partial charge on any atom is -0.321 e. The van der Waals surface area contributed by atoms with Crippen LogP contribution in [-0.2, 0) is 0 Å². The number of hydrogen-bond acceptors (Lipinski definition) is 4. The van der Waals surface area contributed by atoms with Crippen molar-refractivity contribution in [3.05, 3.63) is 51.5 Å². The predicted octanol–water partition coefficient (Wildman–Crippen LogP) is 2.36. The highest BCUT2D eigenvalue weighted by Crippen LogP contribution is 2.19. The first-order valence-corrected chi connectivity index (χ1v) is 6.37. The molecule has 1 amide bonds. The van der Waals surface area contributed by atoms with Crippen molar-refractivity contribution < 1.29 is 9.18 Å². The summed E-state index contributed by atoms with van der Waals surface area (Å²) in [6, 6.07) is 7.32. The van der Waals surface area contributed by atoms with Crippen LogP contribution in [0, 0.1) is 9.39 Å². The monoisotopic (exact) mass is 372 g/mol. The highest BCUT2D eigenvalue weighted by atomic mass is 127. The maximum atomic E-state index is 12.9. The number of hydrazine groups is 1. The average molecular weight is 372 g/mol. The number of anilines is 2. The van der Waals surface area contributed by atoms with Gasteiger partial charge < -0.3 is 10.7 Å². The molecular weight excluding hydrogens is 362 g/mol. The van der Waals surface area contributed by atoms with E-state index < -0.39 is 0 Å². The number of carbonyl (C=O) groups excluding carboxylic acids is 1. The van der Waals surface area contributed by atoms with Gasteiger partial charge in [0.25, 0.3) is 5.91 Å². The quantitative estimate of drug-likeness (QED) is 0.439. The number of benzene rings is 1. The van der Waals surface area contributed by atoms with Crippen molar-refractivity contribution >= 4 is 40.0 Å². The third kappa shape index (κ3) is 3.38. The molecule has 98 valence electrons. The van der Waals surface area contributed by atoms with E-state index >= 15 is 0 Å². The standard InChI is InChI=1S/C12H10FIN4O/c13-8-2-3-10(9(14)5-8)17-12(19)7-1-4-11(18-15)16-6-7/h1-6H,15H2,(H,16,18)(H,17,19). The molecule has 19 heavy (non-hydrogen) atoms. The van der Waals surface area contributed by atoms with Crippen molar-refractivity contribution in [1.82, 2.24) is 4.98 Å². The number of nitrogens with zero attached hydrogens (tertiary/aromatic N) is 1. The summed E-state index contributed by atoms with van der Waals surface area (Å²) >= 11 is 1.95. The number of halogens is 2. The molecule has 0 unspecified atom stereocenters. The Morgan fingerprint density at radius 3 is 2.68 bits per heavy atom. The molecule has 0 atom stereocenters. The van der Waals surface area contributed by atoms with E-state index in [1.165, 1.54) is 24.4 Å². The van der Waals surface area contributed by atoms with Gasteiger partial charge in [-0.3, -0.25) is 4.79 Å². The number of rotatable bonds is 3. The fourth-order valence-corrected chi connectivity index (χ4v) is 2.01. The zero-order valence-electron chi connectivity index (χ0n) is 9.65. The van der Waals surface area contributed by atoms with E-state index in [2.05, 4.69) is 15.7 Å². The molecule has 1 aromatic carbocycles. The van der Waals surface area contributed by atoms with Gasteiger partial charge in [-0.25, -0.2) is 15.2 Å². The summed E-state index contributed by atoms with van der Waals surface area (Å²) < 4.78 is 13.6. The molecular formula is C12H10FIN4O. The van der Waals surface area contributed by atoms with Crippen LogP contribution in [0.15, 0.2) is 36.5 Å². The minimum atomic E-state index is -0.345. The van der Waals surface area contributed by atoms with Gasteiger partial charge in [-0.1, -0.05) is 0 Å². The molecule has 7 heteroatoms. The van der Waals surface area contributed by atoms with Crippen molar-refractivity contribution in [2.75, 3.05) is 10.7 Å². The summed E-state index contributed by atoms with van der Waals surface area (Å²) in [6.45, 7) is 0. The molecule has 0 bridgehead atoms. The number of nitrogens with two attached hydrogens (primary N) is 1. The molecule has 1 aromatic heterocycles. The Balaban J connectivity index is 2.15. The molecule has 0 saturated carbocycles. The zero-order valence-corrected chi connectivity index (χ0v) is 11.8. The van der Waals surface area contributed by atoms with Crippen LogP contribution in [0.2, 0.25) is 0 Å². The largest absolute Gasteiger partial charge is 0.321 e. The summed E-state index contributed by atoms with van der Waals surface area (Å²) in [5.41, 5.74) is 3.31. The molecule has 2 aromatic rings. The molecule has 0 radical (unpaired) electrons. The third-order valence-corrected chi connectivity index (χ3v) is 3.25. The van der Waals surface area contributed by atoms with Crippen molar-refractivity contribution in [3.63, 3.8) is 0 Å². The van der Waals surface area contributed by atoms with Gasteiger partial charge in [0.15, 0.2) is 0 Å². The lowest BCUT2D eigenvalue weighted by Crippen LogP contribution is -2.14. The molecule has 0 fully saturated rings. The number of hydrogen-bond donors (Lipinski definition) is 3. The van der Waals surface area contributed by atoms with Gasteiger partial charge in [-0.2, -0.15) is 0 Å². The van der Waals surface area contributed by atoms with E-state index in [9.17, 15) is 9.18 Å². The second-order valence-corrected chi connectivity index (χ2v) is 4.82. The fourth-order valence-electron chi connectivity index (χ4n) is 1.40. The van der Waals surface area contributed by atoms with Crippen molar-refractivity contribution in [2.24, 2.45) is 5.84 Å². The van der Waals surface area contributed by atoms with Gasteiger partial charge >= 0.3 is 0 Å². The lowest BCUT2D eigenvalue weighted by molar-refractivity contribution is 0.102. The Bertz CT molecular complexity index is 603. The Hall–Kier alpha value is -1.74. The van der Waals surface area contributed by atoms with Crippen molar-refractivity contribution in [2.45, 2.75) is 0 Å². The number of nitrogen functional groups attached to an aromatic ring is 1. The maximum Gasteiger partial charge on any atom is 0.257 e. The van der Waals surface area contributed by atoms with E-state index in [0.717, 1.165) is 0 Å². The summed E-state index contributed by atoms with van der Waals surface area (Å²) in [4.78, 5) is 15.9. The van der Waals surface area contributed by atoms with E-state index in [1.807, 2.05) is 22.6 Å². The van der Waals surface area contributed by atoms with Crippen LogP contribution in [0.5, 0.6) is 0 Å². The topological polar surface area (TPSA) is 80.0 Å². The Labute approximate surface area is 122 Å². The first-order valence-electron chi connectivity index (χ1n) is 5.29. The van der Waals surface area contributed by atoms with E-state index in [1.54, 1.807) is 12.1 Å². The second-order valence-electron chi connectivity index (χ2n) is 3.65. The smallest absolute Gasteiger partial charge is 0.257 e. The number of pyridine rings is 1. The van der Waals surface area contributed by atoms with E-state index in [4.69, 9.17) is 5.84 Å². The molecule has 0 spiro atoms. The molecule has 2 rings (SSSR count). The van der Waals surface area contributed by atoms with Crippen LogP contribution >= 0.6 is 22.6 Å². The minimum absolute atomic E-state index is 0.319. The number of carbonyl (C=O) groups is 1. The molecule has 4 N–H and O–H groups in total. The van der Waals surface area contributed by atoms with Gasteiger partial charge in [-0.15, -0.1) is 0 Å². The first-order chi connectivity index (χ1) is 9.10. The summed E-state index contributed by atoms with van der Waals surface area (Å²) in [5.74, 6) is 4.99. The lowest BCUT2D eigenvalue weighted by Gasteiger charge is -2.07. The van der Waals surface area contributed by atoms with Gasteiger partial charge in [-0.05, 0) is 52.9 Å². The van der Waals surface area contributed by atoms with Crippen LogP contribution in [0.25, 0.3) is 0 Å². The Morgan fingerprint density at radius 2 is 2.11 bits per heavy atom. The van der Waals surface area contributed by atoms with Gasteiger partial charge in [0.1, 0.15) is 11.6 Å². The Morgan fingerprint density at radius 1 is 1.32 bits per heavy atom. The van der Waals surface area contributed by atoms with Crippen molar-refractivity contribution in [1.29, 1.82) is 0 Å². The molecule has 0 aliphatic carbocycles. The van der Waals surface area contributed by atoms with Crippen LogP contribution in [0.1, 0.15) is 10.4 Å². The van der Waals surface area contributed by atoms with Crippen LogP contribution in [-0.4, -0.2) is 10.9 Å². The average Bonchev–Trinajstić information content (AvgIpc) is 2.42. The third-order valence-electron chi connectivity index (χ3n) is 2.35. The maximum absolute atomic E-state index is 12.9. The molecule has 5 nitrogen and oxygen atoms in total. The fraction of sp³-hybridized carbons (Fsp3) is 0. The molecule has 1 heterocycles. The molecule has 0 saturated heterocycles. The number of amides is 1. The van der Waals surface area contributed by atoms with E-state index in [0.29, 0.717) is 20.6 Å². The van der Waals surface area contributed by atoms with Crippen LogP contribution < -0.4 is 16.6 Å². The number of nitrogens with one attached hydrogen (secondary N) is 2. The molecule has 0 aliphatic rings. The molecule has 0 aliphatic heterocycles. The van der Waals surface area contributed by atoms with Crippen LogP contribution in [0.4, 0.5) is 15.9 Å². The van der Waals surface area contributed by atoms with E-state index in [-0.39, 0.29) is 11.7 Å².